The quantitative estimate of drug-likeness (QED) is 0.515. The largest absolute Gasteiger partial charge is 0.500 e. The van der Waals surface area contributed by atoms with E-state index in [-0.39, 0.29) is 0 Å². The molecule has 2 aliphatic heterocycles. The first-order valence-corrected chi connectivity index (χ1v) is 11.0. The first-order chi connectivity index (χ1) is 11.7. The van der Waals surface area contributed by atoms with Gasteiger partial charge in [-0.2, -0.15) is 0 Å². The summed E-state index contributed by atoms with van der Waals surface area (Å²) in [4.78, 5) is 7.65. The summed E-state index contributed by atoms with van der Waals surface area (Å²) in [5, 5.41) is 0. The lowest BCUT2D eigenvalue weighted by Crippen LogP contribution is -2.50. The highest BCUT2D eigenvalue weighted by Crippen LogP contribution is 2.16. The van der Waals surface area contributed by atoms with Crippen molar-refractivity contribution in [2.75, 3.05) is 93.4 Å². The van der Waals surface area contributed by atoms with Gasteiger partial charge in [0.1, 0.15) is 0 Å². The van der Waals surface area contributed by atoms with Gasteiger partial charge in [-0.05, 0) is 13.0 Å². The number of ether oxygens (including phenoxy) is 1. The molecule has 0 unspecified atom stereocenters. The van der Waals surface area contributed by atoms with Crippen LogP contribution in [-0.2, 0) is 18.0 Å². The van der Waals surface area contributed by atoms with Crippen molar-refractivity contribution >= 4 is 8.80 Å². The molecule has 7 nitrogen and oxygen atoms in total. The Balaban J connectivity index is 1.57. The summed E-state index contributed by atoms with van der Waals surface area (Å²) in [5.41, 5.74) is 0. The Labute approximate surface area is 148 Å². The van der Waals surface area contributed by atoms with E-state index in [1.165, 1.54) is 26.2 Å². The topological polar surface area (TPSA) is 46.6 Å². The molecule has 2 aliphatic rings. The van der Waals surface area contributed by atoms with Crippen LogP contribution in [0.1, 0.15) is 6.42 Å². The molecule has 0 radical (unpaired) electrons. The maximum Gasteiger partial charge on any atom is 0.500 e. The lowest BCUT2D eigenvalue weighted by atomic mass is 10.3. The summed E-state index contributed by atoms with van der Waals surface area (Å²) in [7, 11) is 2.66. The summed E-state index contributed by atoms with van der Waals surface area (Å²) in [6.07, 6.45) is 1.06. The molecule has 2 fully saturated rings. The minimum Gasteiger partial charge on any atom is -0.379 e. The number of morpholine rings is 1. The van der Waals surface area contributed by atoms with Crippen molar-refractivity contribution in [3.05, 3.63) is 0 Å². The van der Waals surface area contributed by atoms with E-state index in [0.717, 1.165) is 58.4 Å². The van der Waals surface area contributed by atoms with Crippen molar-refractivity contribution in [2.24, 2.45) is 0 Å². The molecule has 0 aromatic carbocycles. The molecule has 142 valence electrons. The number of hydrogen-bond donors (Lipinski definition) is 0. The van der Waals surface area contributed by atoms with Crippen LogP contribution in [0.25, 0.3) is 0 Å². The number of rotatable bonds is 10. The van der Waals surface area contributed by atoms with Crippen molar-refractivity contribution in [3.63, 3.8) is 0 Å². The summed E-state index contributed by atoms with van der Waals surface area (Å²) in [6, 6.07) is 0.883. The maximum absolute atomic E-state index is 5.49. The standard InChI is InChI=1S/C16H35N3O4Si/c1-20-24(21-2,22-3)16-4-5-17-6-8-18(9-7-17)10-11-19-12-14-23-15-13-19/h4-16H2,1-3H3. The SMILES string of the molecule is CO[Si](CCCN1CCN(CCN2CCOCC2)CC1)(OC)OC. The lowest BCUT2D eigenvalue weighted by molar-refractivity contribution is 0.0299. The third-order valence-corrected chi connectivity index (χ3v) is 8.02. The van der Waals surface area contributed by atoms with E-state index in [9.17, 15) is 0 Å². The van der Waals surface area contributed by atoms with Crippen molar-refractivity contribution in [1.29, 1.82) is 0 Å². The minimum atomic E-state index is -2.40. The van der Waals surface area contributed by atoms with Gasteiger partial charge < -0.3 is 22.9 Å². The zero-order valence-corrected chi connectivity index (χ0v) is 16.7. The van der Waals surface area contributed by atoms with Crippen LogP contribution in [0.15, 0.2) is 0 Å². The third kappa shape index (κ3) is 6.34. The fraction of sp³-hybridized carbons (Fsp3) is 1.00. The molecule has 24 heavy (non-hydrogen) atoms. The third-order valence-electron chi connectivity index (χ3n) is 5.19. The summed E-state index contributed by atoms with van der Waals surface area (Å²) >= 11 is 0. The van der Waals surface area contributed by atoms with E-state index in [2.05, 4.69) is 14.7 Å². The highest BCUT2D eigenvalue weighted by atomic mass is 28.4. The lowest BCUT2D eigenvalue weighted by Gasteiger charge is -2.36. The second-order valence-electron chi connectivity index (χ2n) is 6.54. The predicted octanol–water partition coefficient (Wildman–Crippen LogP) is 0.204. The van der Waals surface area contributed by atoms with E-state index in [1.54, 1.807) is 21.3 Å². The Morgan fingerprint density at radius 1 is 0.708 bits per heavy atom. The smallest absolute Gasteiger partial charge is 0.379 e. The van der Waals surface area contributed by atoms with Gasteiger partial charge in [-0.15, -0.1) is 0 Å². The molecule has 2 rings (SSSR count). The van der Waals surface area contributed by atoms with Gasteiger partial charge >= 0.3 is 8.80 Å². The Morgan fingerprint density at radius 3 is 1.67 bits per heavy atom. The summed E-state index contributed by atoms with van der Waals surface area (Å²) in [6.45, 7) is 12.1. The van der Waals surface area contributed by atoms with Gasteiger partial charge in [-0.25, -0.2) is 0 Å². The van der Waals surface area contributed by atoms with Crippen LogP contribution >= 0.6 is 0 Å². The average molecular weight is 362 g/mol. The average Bonchev–Trinajstić information content (AvgIpc) is 2.66. The first-order valence-electron chi connectivity index (χ1n) is 9.11. The normalized spacial score (nSPS) is 22.1. The van der Waals surface area contributed by atoms with Crippen molar-refractivity contribution < 1.29 is 18.0 Å². The molecule has 0 amide bonds. The highest BCUT2D eigenvalue weighted by Gasteiger charge is 2.37. The van der Waals surface area contributed by atoms with Crippen molar-refractivity contribution in [1.82, 2.24) is 14.7 Å². The molecule has 0 aromatic rings. The monoisotopic (exact) mass is 361 g/mol. The molecule has 0 bridgehead atoms. The van der Waals surface area contributed by atoms with Crippen LogP contribution in [-0.4, -0.2) is 117 Å². The molecule has 0 atom stereocenters. The van der Waals surface area contributed by atoms with E-state index in [1.807, 2.05) is 0 Å². The number of hydrogen-bond acceptors (Lipinski definition) is 7. The Bertz CT molecular complexity index is 325. The van der Waals surface area contributed by atoms with Crippen LogP contribution in [0.4, 0.5) is 0 Å². The van der Waals surface area contributed by atoms with E-state index >= 15 is 0 Å². The molecule has 0 aliphatic carbocycles. The van der Waals surface area contributed by atoms with Gasteiger partial charge in [0.05, 0.1) is 13.2 Å². The van der Waals surface area contributed by atoms with E-state index in [0.29, 0.717) is 0 Å². The summed E-state index contributed by atoms with van der Waals surface area (Å²) < 4.78 is 21.9. The predicted molar refractivity (Wildman–Crippen MR) is 96.3 cm³/mol. The van der Waals surface area contributed by atoms with Gasteiger partial charge in [0.15, 0.2) is 0 Å². The molecule has 2 saturated heterocycles. The molecule has 0 saturated carbocycles. The Hall–Kier alpha value is -0.0631. The highest BCUT2D eigenvalue weighted by molar-refractivity contribution is 6.60. The molecule has 8 heteroatoms. The second kappa shape index (κ2) is 10.8. The van der Waals surface area contributed by atoms with Gasteiger partial charge in [0.2, 0.25) is 0 Å². The van der Waals surface area contributed by atoms with Gasteiger partial charge in [0, 0.05) is 79.7 Å². The van der Waals surface area contributed by atoms with Crippen LogP contribution in [0.2, 0.25) is 6.04 Å². The van der Waals surface area contributed by atoms with Crippen LogP contribution < -0.4 is 0 Å². The maximum atomic E-state index is 5.49. The van der Waals surface area contributed by atoms with Gasteiger partial charge in [0.25, 0.3) is 0 Å². The fourth-order valence-electron chi connectivity index (χ4n) is 3.42. The second-order valence-corrected chi connectivity index (χ2v) is 9.63. The van der Waals surface area contributed by atoms with Crippen LogP contribution in [0.5, 0.6) is 0 Å². The van der Waals surface area contributed by atoms with Crippen LogP contribution in [0, 0.1) is 0 Å². The first kappa shape index (κ1) is 20.3. The molecule has 0 N–H and O–H groups in total. The Kier molecular flexibility index (Phi) is 9.13. The molecule has 0 aromatic heterocycles. The minimum absolute atomic E-state index is 0.883. The number of nitrogens with zero attached hydrogens (tertiary/aromatic N) is 3. The zero-order chi connectivity index (χ0) is 17.3. The summed E-state index contributed by atoms with van der Waals surface area (Å²) in [5.74, 6) is 0. The van der Waals surface area contributed by atoms with Crippen molar-refractivity contribution in [2.45, 2.75) is 12.5 Å². The fourth-order valence-corrected chi connectivity index (χ4v) is 5.12. The van der Waals surface area contributed by atoms with Gasteiger partial charge in [-0.1, -0.05) is 0 Å². The van der Waals surface area contributed by atoms with Crippen LogP contribution in [0.3, 0.4) is 0 Å². The molecular formula is C16H35N3O4Si. The molecule has 0 spiro atoms. The van der Waals surface area contributed by atoms with E-state index in [4.69, 9.17) is 18.0 Å². The molecule has 2 heterocycles. The number of piperazine rings is 1. The zero-order valence-electron chi connectivity index (χ0n) is 15.7. The molecular weight excluding hydrogens is 326 g/mol. The Morgan fingerprint density at radius 2 is 1.17 bits per heavy atom. The van der Waals surface area contributed by atoms with E-state index < -0.39 is 8.80 Å². The van der Waals surface area contributed by atoms with Crippen molar-refractivity contribution in [3.8, 4) is 0 Å². The van der Waals surface area contributed by atoms with Gasteiger partial charge in [-0.3, -0.25) is 9.80 Å².